The lowest BCUT2D eigenvalue weighted by Gasteiger charge is -2.26. The number of hydrogen-bond donors (Lipinski definition) is 2. The second-order valence-electron chi connectivity index (χ2n) is 4.98. The van der Waals surface area contributed by atoms with Crippen LogP contribution in [0, 0.1) is 5.92 Å². The van der Waals surface area contributed by atoms with Gasteiger partial charge >= 0.3 is 5.97 Å². The molecule has 1 fully saturated rings. The van der Waals surface area contributed by atoms with Gasteiger partial charge in [0.2, 0.25) is 5.91 Å². The summed E-state index contributed by atoms with van der Waals surface area (Å²) in [5.41, 5.74) is 0. The molecular formula is C13H23NO4. The van der Waals surface area contributed by atoms with Gasteiger partial charge < -0.3 is 15.1 Å². The molecule has 0 bridgehead atoms. The van der Waals surface area contributed by atoms with Crippen molar-refractivity contribution in [3.05, 3.63) is 0 Å². The Balaban J connectivity index is 2.70. The van der Waals surface area contributed by atoms with Crippen LogP contribution in [-0.2, 0) is 9.59 Å². The molecule has 1 rings (SSSR count). The number of carboxylic acid groups (broad SMARTS) is 1. The number of rotatable bonds is 6. The van der Waals surface area contributed by atoms with Crippen LogP contribution in [0.5, 0.6) is 0 Å². The van der Waals surface area contributed by atoms with E-state index in [0.717, 1.165) is 25.7 Å². The van der Waals surface area contributed by atoms with E-state index in [4.69, 9.17) is 5.11 Å². The minimum absolute atomic E-state index is 0.114. The number of aliphatic hydroxyl groups excluding tert-OH is 1. The van der Waals surface area contributed by atoms with Crippen LogP contribution in [0.15, 0.2) is 0 Å². The predicted octanol–water partition coefficient (Wildman–Crippen LogP) is 1.25. The van der Waals surface area contributed by atoms with Gasteiger partial charge in [-0.25, -0.2) is 4.79 Å². The van der Waals surface area contributed by atoms with Crippen molar-refractivity contribution >= 4 is 11.9 Å². The molecule has 1 aliphatic rings. The molecule has 0 saturated carbocycles. The zero-order valence-corrected chi connectivity index (χ0v) is 11.1. The Morgan fingerprint density at radius 3 is 2.56 bits per heavy atom. The Hall–Kier alpha value is -1.10. The quantitative estimate of drug-likeness (QED) is 0.750. The summed E-state index contributed by atoms with van der Waals surface area (Å²) in [7, 11) is 0. The number of unbranched alkanes of at least 4 members (excludes halogenated alkanes) is 1. The van der Waals surface area contributed by atoms with Crippen LogP contribution in [0.1, 0.15) is 46.0 Å². The number of likely N-dealkylation sites (tertiary alicyclic amines) is 1. The van der Waals surface area contributed by atoms with Crippen LogP contribution < -0.4 is 0 Å². The normalized spacial score (nSPS) is 25.2. The molecule has 0 aromatic carbocycles. The van der Waals surface area contributed by atoms with Crippen molar-refractivity contribution < 1.29 is 19.8 Å². The average Bonchev–Trinajstić information content (AvgIpc) is 2.72. The Labute approximate surface area is 108 Å². The van der Waals surface area contributed by atoms with Crippen LogP contribution in [0.3, 0.4) is 0 Å². The summed E-state index contributed by atoms with van der Waals surface area (Å²) in [6.07, 6.45) is 2.94. The molecule has 1 heterocycles. The first-order valence-electron chi connectivity index (χ1n) is 6.72. The predicted molar refractivity (Wildman–Crippen MR) is 67.1 cm³/mol. The number of aliphatic carboxylic acids is 1. The second kappa shape index (κ2) is 6.73. The topological polar surface area (TPSA) is 77.8 Å². The SMILES string of the molecule is CCCCC(CC)C(=O)N1CC(O)C[C@H]1C(=O)O. The van der Waals surface area contributed by atoms with Gasteiger partial charge in [-0.2, -0.15) is 0 Å². The number of amides is 1. The van der Waals surface area contributed by atoms with Gasteiger partial charge in [0.05, 0.1) is 6.10 Å². The molecular weight excluding hydrogens is 234 g/mol. The summed E-state index contributed by atoms with van der Waals surface area (Å²) < 4.78 is 0. The maximum Gasteiger partial charge on any atom is 0.326 e. The van der Waals surface area contributed by atoms with E-state index in [1.807, 2.05) is 6.92 Å². The number of β-amino-alcohol motifs (C(OH)–C–C–N with tert-alkyl or cyclic N) is 1. The standard InChI is InChI=1S/C13H23NO4/c1-3-5-6-9(4-2)12(16)14-8-10(15)7-11(14)13(17)18/h9-11,15H,3-8H2,1-2H3,(H,17,18)/t9?,10?,11-/m0/s1. The minimum atomic E-state index is -1.02. The molecule has 18 heavy (non-hydrogen) atoms. The van der Waals surface area contributed by atoms with Gasteiger partial charge in [-0.3, -0.25) is 4.79 Å². The van der Waals surface area contributed by atoms with Gasteiger partial charge in [-0.15, -0.1) is 0 Å². The van der Waals surface area contributed by atoms with E-state index in [-0.39, 0.29) is 24.8 Å². The molecule has 1 amide bonds. The molecule has 5 heteroatoms. The van der Waals surface area contributed by atoms with Crippen LogP contribution in [0.4, 0.5) is 0 Å². The fourth-order valence-electron chi connectivity index (χ4n) is 2.48. The average molecular weight is 257 g/mol. The van der Waals surface area contributed by atoms with Crippen molar-refractivity contribution in [3.8, 4) is 0 Å². The van der Waals surface area contributed by atoms with E-state index >= 15 is 0 Å². The van der Waals surface area contributed by atoms with Gasteiger partial charge in [0.1, 0.15) is 6.04 Å². The first-order valence-corrected chi connectivity index (χ1v) is 6.72. The molecule has 0 radical (unpaired) electrons. The van der Waals surface area contributed by atoms with Crippen molar-refractivity contribution in [1.29, 1.82) is 0 Å². The third-order valence-electron chi connectivity index (χ3n) is 3.60. The summed E-state index contributed by atoms with van der Waals surface area (Å²) in [6, 6.07) is -0.858. The van der Waals surface area contributed by atoms with Gasteiger partial charge in [0, 0.05) is 18.9 Å². The number of carbonyl (C=O) groups excluding carboxylic acids is 1. The molecule has 5 nitrogen and oxygen atoms in total. The van der Waals surface area contributed by atoms with Crippen molar-refractivity contribution in [1.82, 2.24) is 4.90 Å². The molecule has 0 spiro atoms. The lowest BCUT2D eigenvalue weighted by molar-refractivity contribution is -0.150. The molecule has 1 saturated heterocycles. The first-order chi connectivity index (χ1) is 8.51. The number of hydrogen-bond acceptors (Lipinski definition) is 3. The minimum Gasteiger partial charge on any atom is -0.480 e. The van der Waals surface area contributed by atoms with Crippen LogP contribution in [-0.4, -0.2) is 45.7 Å². The van der Waals surface area contributed by atoms with Crippen LogP contribution >= 0.6 is 0 Å². The maximum absolute atomic E-state index is 12.3. The summed E-state index contributed by atoms with van der Waals surface area (Å²) in [5.74, 6) is -1.25. The molecule has 2 N–H and O–H groups in total. The van der Waals surface area contributed by atoms with Crippen molar-refractivity contribution in [2.45, 2.75) is 58.1 Å². The highest BCUT2D eigenvalue weighted by molar-refractivity contribution is 5.85. The van der Waals surface area contributed by atoms with Crippen LogP contribution in [0.2, 0.25) is 0 Å². The number of nitrogens with zero attached hydrogens (tertiary/aromatic N) is 1. The Bertz CT molecular complexity index is 305. The summed E-state index contributed by atoms with van der Waals surface area (Å²) in [6.45, 7) is 4.16. The maximum atomic E-state index is 12.3. The smallest absolute Gasteiger partial charge is 0.326 e. The fraction of sp³-hybridized carbons (Fsp3) is 0.846. The van der Waals surface area contributed by atoms with E-state index in [1.165, 1.54) is 4.90 Å². The van der Waals surface area contributed by atoms with E-state index in [9.17, 15) is 14.7 Å². The molecule has 1 aliphatic heterocycles. The molecule has 2 unspecified atom stereocenters. The Morgan fingerprint density at radius 1 is 1.39 bits per heavy atom. The molecule has 0 aromatic rings. The first kappa shape index (κ1) is 15.0. The Kier molecular flexibility index (Phi) is 5.59. The van der Waals surface area contributed by atoms with Crippen LogP contribution in [0.25, 0.3) is 0 Å². The monoisotopic (exact) mass is 257 g/mol. The fourth-order valence-corrected chi connectivity index (χ4v) is 2.48. The Morgan fingerprint density at radius 2 is 2.06 bits per heavy atom. The lowest BCUT2D eigenvalue weighted by atomic mass is 9.97. The highest BCUT2D eigenvalue weighted by Gasteiger charge is 2.40. The van der Waals surface area contributed by atoms with E-state index in [0.29, 0.717) is 0 Å². The molecule has 104 valence electrons. The van der Waals surface area contributed by atoms with Crippen molar-refractivity contribution in [3.63, 3.8) is 0 Å². The highest BCUT2D eigenvalue weighted by Crippen LogP contribution is 2.24. The number of carboxylic acids is 1. The largest absolute Gasteiger partial charge is 0.480 e. The van der Waals surface area contributed by atoms with Gasteiger partial charge in [-0.1, -0.05) is 26.7 Å². The third kappa shape index (κ3) is 3.45. The molecule has 3 atom stereocenters. The third-order valence-corrected chi connectivity index (χ3v) is 3.60. The summed E-state index contributed by atoms with van der Waals surface area (Å²) in [4.78, 5) is 24.7. The highest BCUT2D eigenvalue weighted by atomic mass is 16.4. The van der Waals surface area contributed by atoms with E-state index < -0.39 is 18.1 Å². The zero-order chi connectivity index (χ0) is 13.7. The van der Waals surface area contributed by atoms with Gasteiger partial charge in [0.25, 0.3) is 0 Å². The second-order valence-corrected chi connectivity index (χ2v) is 4.98. The summed E-state index contributed by atoms with van der Waals surface area (Å²) in [5, 5.41) is 18.6. The molecule has 0 aliphatic carbocycles. The van der Waals surface area contributed by atoms with Gasteiger partial charge in [0.15, 0.2) is 0 Å². The van der Waals surface area contributed by atoms with E-state index in [1.54, 1.807) is 0 Å². The van der Waals surface area contributed by atoms with E-state index in [2.05, 4.69) is 6.92 Å². The lowest BCUT2D eigenvalue weighted by Crippen LogP contribution is -2.43. The number of carbonyl (C=O) groups is 2. The van der Waals surface area contributed by atoms with Crippen molar-refractivity contribution in [2.75, 3.05) is 6.54 Å². The summed E-state index contributed by atoms with van der Waals surface area (Å²) >= 11 is 0. The zero-order valence-electron chi connectivity index (χ0n) is 11.1. The van der Waals surface area contributed by atoms with Gasteiger partial charge in [-0.05, 0) is 12.8 Å². The van der Waals surface area contributed by atoms with Crippen molar-refractivity contribution in [2.24, 2.45) is 5.92 Å². The molecule has 0 aromatic heterocycles. The number of aliphatic hydroxyl groups is 1.